The van der Waals surface area contributed by atoms with Gasteiger partial charge < -0.3 is 14.7 Å². The van der Waals surface area contributed by atoms with Gasteiger partial charge in [0.05, 0.1) is 18.6 Å². The normalized spacial score (nSPS) is 17.0. The minimum atomic E-state index is -0.929. The molecule has 0 saturated carbocycles. The number of carbonyl (C=O) groups is 2. The molecule has 27 heavy (non-hydrogen) atoms. The Morgan fingerprint density at radius 1 is 1.19 bits per heavy atom. The van der Waals surface area contributed by atoms with Crippen LogP contribution >= 0.6 is 0 Å². The Kier molecular flexibility index (Phi) is 12.2. The molecule has 0 rings (SSSR count). The zero-order chi connectivity index (χ0) is 21.1. The highest BCUT2D eigenvalue weighted by Gasteiger charge is 2.36. The van der Waals surface area contributed by atoms with Gasteiger partial charge in [-0.1, -0.05) is 46.6 Å². The van der Waals surface area contributed by atoms with Crippen LogP contribution in [-0.4, -0.2) is 72.7 Å². The molecule has 0 heterocycles. The Morgan fingerprint density at radius 3 is 2.19 bits per heavy atom. The third-order valence-electron chi connectivity index (χ3n) is 5.70. The third-order valence-corrected chi connectivity index (χ3v) is 5.70. The number of carbonyl (C=O) groups excluding carboxylic acids is 1. The van der Waals surface area contributed by atoms with Crippen LogP contribution in [0.2, 0.25) is 0 Å². The van der Waals surface area contributed by atoms with Crippen molar-refractivity contribution in [2.45, 2.75) is 71.6 Å². The van der Waals surface area contributed by atoms with Gasteiger partial charge >= 0.3 is 5.97 Å². The Morgan fingerprint density at radius 2 is 1.78 bits per heavy atom. The first-order chi connectivity index (χ1) is 12.6. The van der Waals surface area contributed by atoms with Crippen LogP contribution in [0, 0.1) is 11.8 Å². The van der Waals surface area contributed by atoms with Crippen molar-refractivity contribution in [2.75, 3.05) is 27.7 Å². The molecule has 0 aliphatic carbocycles. The number of likely N-dealkylation sites (N-methyl/N-ethyl adjacent to an activating group) is 2. The van der Waals surface area contributed by atoms with E-state index in [1.54, 1.807) is 18.0 Å². The lowest BCUT2D eigenvalue weighted by atomic mass is 9.90. The summed E-state index contributed by atoms with van der Waals surface area (Å²) in [6.07, 6.45) is 3.93. The zero-order valence-corrected chi connectivity index (χ0v) is 18.3. The summed E-state index contributed by atoms with van der Waals surface area (Å²) in [7, 11) is 5.18. The number of nitrogens with zero attached hydrogens (tertiary/aromatic N) is 2. The van der Waals surface area contributed by atoms with Crippen molar-refractivity contribution in [1.82, 2.24) is 9.80 Å². The second-order valence-corrected chi connectivity index (χ2v) is 7.66. The van der Waals surface area contributed by atoms with Crippen molar-refractivity contribution in [3.05, 3.63) is 12.7 Å². The molecule has 0 aromatic rings. The molecular formula is C21H40N2O4. The number of carboxylic acids is 1. The Bertz CT molecular complexity index is 469. The molecule has 0 fully saturated rings. The summed E-state index contributed by atoms with van der Waals surface area (Å²) in [6.45, 7) is 13.1. The van der Waals surface area contributed by atoms with E-state index in [-0.39, 0.29) is 24.3 Å². The summed E-state index contributed by atoms with van der Waals surface area (Å²) < 4.78 is 5.47. The molecule has 0 aromatic carbocycles. The highest BCUT2D eigenvalue weighted by molar-refractivity contribution is 5.84. The molecule has 1 N–H and O–H groups in total. The number of methoxy groups -OCH3 is 1. The van der Waals surface area contributed by atoms with Crippen LogP contribution in [-0.2, 0) is 14.3 Å². The summed E-state index contributed by atoms with van der Waals surface area (Å²) >= 11 is 0. The Balaban J connectivity index is 5.41. The van der Waals surface area contributed by atoms with E-state index >= 15 is 0 Å². The molecule has 158 valence electrons. The highest BCUT2D eigenvalue weighted by atomic mass is 16.5. The van der Waals surface area contributed by atoms with Crippen LogP contribution in [0.1, 0.15) is 53.4 Å². The quantitative estimate of drug-likeness (QED) is 0.466. The maximum Gasteiger partial charge on any atom is 0.306 e. The molecule has 0 aromatic heterocycles. The smallest absolute Gasteiger partial charge is 0.306 e. The van der Waals surface area contributed by atoms with Crippen molar-refractivity contribution in [1.29, 1.82) is 0 Å². The number of amides is 1. The van der Waals surface area contributed by atoms with E-state index in [1.807, 2.05) is 25.8 Å². The van der Waals surface area contributed by atoms with E-state index in [0.717, 1.165) is 25.8 Å². The molecule has 6 nitrogen and oxygen atoms in total. The summed E-state index contributed by atoms with van der Waals surface area (Å²) in [5.74, 6) is -0.289. The molecule has 0 radical (unpaired) electrons. The van der Waals surface area contributed by atoms with Gasteiger partial charge in [0, 0.05) is 14.2 Å². The molecule has 1 unspecified atom stereocenters. The topological polar surface area (TPSA) is 70.1 Å². The van der Waals surface area contributed by atoms with Gasteiger partial charge in [0.15, 0.2) is 0 Å². The molecule has 1 amide bonds. The van der Waals surface area contributed by atoms with Crippen molar-refractivity contribution in [2.24, 2.45) is 11.8 Å². The van der Waals surface area contributed by atoms with Crippen LogP contribution in [0.15, 0.2) is 12.7 Å². The monoisotopic (exact) mass is 384 g/mol. The highest BCUT2D eigenvalue weighted by Crippen LogP contribution is 2.23. The lowest BCUT2D eigenvalue weighted by Crippen LogP contribution is -2.55. The Hall–Kier alpha value is -1.40. The number of hydrogen-bond acceptors (Lipinski definition) is 4. The van der Waals surface area contributed by atoms with Gasteiger partial charge in [0.1, 0.15) is 6.04 Å². The molecular weight excluding hydrogens is 344 g/mol. The molecule has 0 saturated heterocycles. The summed E-state index contributed by atoms with van der Waals surface area (Å²) in [6, 6.07) is -0.748. The van der Waals surface area contributed by atoms with E-state index in [2.05, 4.69) is 20.4 Å². The molecule has 0 aliphatic heterocycles. The van der Waals surface area contributed by atoms with Gasteiger partial charge in [0.25, 0.3) is 0 Å². The zero-order valence-electron chi connectivity index (χ0n) is 18.3. The maximum atomic E-state index is 13.2. The lowest BCUT2D eigenvalue weighted by Gasteiger charge is -2.39. The third kappa shape index (κ3) is 8.01. The largest absolute Gasteiger partial charge is 0.481 e. The fourth-order valence-electron chi connectivity index (χ4n) is 3.35. The SMILES string of the molecule is C=C[C@@H](C(=O)N(C)[C@@H]([C@@H](C)CC)[C@@H](CC(=O)O)OC)N(C)CCC(C)CC. The van der Waals surface area contributed by atoms with Crippen molar-refractivity contribution in [3.63, 3.8) is 0 Å². The second kappa shape index (κ2) is 12.9. The van der Waals surface area contributed by atoms with E-state index < -0.39 is 18.1 Å². The van der Waals surface area contributed by atoms with Gasteiger partial charge in [-0.15, -0.1) is 6.58 Å². The maximum absolute atomic E-state index is 13.2. The van der Waals surface area contributed by atoms with Crippen LogP contribution < -0.4 is 0 Å². The van der Waals surface area contributed by atoms with E-state index in [1.165, 1.54) is 7.11 Å². The van der Waals surface area contributed by atoms with Gasteiger partial charge in [-0.25, -0.2) is 0 Å². The van der Waals surface area contributed by atoms with Gasteiger partial charge in [0.2, 0.25) is 5.91 Å². The standard InChI is InChI=1S/C21H40N2O4/c1-9-15(4)12-13-22(6)17(11-3)21(26)23(7)20(16(5)10-2)18(27-8)14-19(24)25/h11,15-18,20H,3,9-10,12-14H2,1-2,4-8H3,(H,24,25)/t15?,16-,17-,18+,20-/m0/s1. The van der Waals surface area contributed by atoms with Gasteiger partial charge in [-0.2, -0.15) is 0 Å². The molecule has 0 spiro atoms. The minimum Gasteiger partial charge on any atom is -0.481 e. The van der Waals surface area contributed by atoms with Gasteiger partial charge in [-0.05, 0) is 31.8 Å². The first kappa shape index (κ1) is 25.6. The number of rotatable bonds is 14. The van der Waals surface area contributed by atoms with Crippen molar-refractivity contribution >= 4 is 11.9 Å². The van der Waals surface area contributed by atoms with Crippen LogP contribution in [0.3, 0.4) is 0 Å². The molecule has 6 heteroatoms. The van der Waals surface area contributed by atoms with E-state index in [9.17, 15) is 14.7 Å². The van der Waals surface area contributed by atoms with E-state index in [4.69, 9.17) is 4.74 Å². The van der Waals surface area contributed by atoms with E-state index in [0.29, 0.717) is 5.92 Å². The molecule has 5 atom stereocenters. The van der Waals surface area contributed by atoms with Gasteiger partial charge in [-0.3, -0.25) is 14.5 Å². The number of ether oxygens (including phenoxy) is 1. The fourth-order valence-corrected chi connectivity index (χ4v) is 3.35. The molecule has 0 aliphatic rings. The van der Waals surface area contributed by atoms with Crippen molar-refractivity contribution in [3.8, 4) is 0 Å². The minimum absolute atomic E-state index is 0.0746. The summed E-state index contributed by atoms with van der Waals surface area (Å²) in [5.41, 5.74) is 0. The number of hydrogen-bond donors (Lipinski definition) is 1. The Labute approximate surface area is 165 Å². The average molecular weight is 385 g/mol. The first-order valence-corrected chi connectivity index (χ1v) is 9.98. The summed E-state index contributed by atoms with van der Waals surface area (Å²) in [5, 5.41) is 9.22. The summed E-state index contributed by atoms with van der Waals surface area (Å²) in [4.78, 5) is 28.1. The lowest BCUT2D eigenvalue weighted by molar-refractivity contribution is -0.147. The fraction of sp³-hybridized carbons (Fsp3) is 0.810. The van der Waals surface area contributed by atoms with Crippen LogP contribution in [0.4, 0.5) is 0 Å². The predicted octanol–water partition coefficient (Wildman–Crippen LogP) is 3.27. The predicted molar refractivity (Wildman–Crippen MR) is 110 cm³/mol. The average Bonchev–Trinajstić information content (AvgIpc) is 2.64. The second-order valence-electron chi connectivity index (χ2n) is 7.66. The number of carboxylic acid groups (broad SMARTS) is 1. The number of aliphatic carboxylic acids is 1. The van der Waals surface area contributed by atoms with Crippen LogP contribution in [0.25, 0.3) is 0 Å². The van der Waals surface area contributed by atoms with Crippen LogP contribution in [0.5, 0.6) is 0 Å². The molecule has 0 bridgehead atoms. The van der Waals surface area contributed by atoms with Crippen molar-refractivity contribution < 1.29 is 19.4 Å². The first-order valence-electron chi connectivity index (χ1n) is 9.98.